The molecule has 2 aromatic carbocycles. The van der Waals surface area contributed by atoms with Crippen LogP contribution in [0.5, 0.6) is 0 Å². The molecule has 0 saturated heterocycles. The van der Waals surface area contributed by atoms with Crippen LogP contribution in [0.2, 0.25) is 0 Å². The maximum Gasteiger partial charge on any atom is 0.338 e. The molecule has 1 unspecified atom stereocenters. The zero-order chi connectivity index (χ0) is 23.6. The molecular formula is C31H46O2. The minimum atomic E-state index is -0.209. The van der Waals surface area contributed by atoms with Crippen LogP contribution in [0.3, 0.4) is 0 Å². The fraction of sp³-hybridized carbons (Fsp3) is 0.581. The Bertz CT molecular complexity index is 753. The van der Waals surface area contributed by atoms with Crippen molar-refractivity contribution < 1.29 is 9.53 Å². The lowest BCUT2D eigenvalue weighted by molar-refractivity contribution is 0.0524. The van der Waals surface area contributed by atoms with E-state index in [2.05, 4.69) is 43.3 Å². The number of esters is 1. The lowest BCUT2D eigenvalue weighted by atomic mass is 9.84. The smallest absolute Gasteiger partial charge is 0.338 e. The van der Waals surface area contributed by atoms with Crippen molar-refractivity contribution in [1.82, 2.24) is 0 Å². The van der Waals surface area contributed by atoms with Crippen molar-refractivity contribution >= 4 is 5.97 Å². The van der Waals surface area contributed by atoms with E-state index in [1.807, 2.05) is 25.1 Å². The Morgan fingerprint density at radius 2 is 1.18 bits per heavy atom. The van der Waals surface area contributed by atoms with Crippen LogP contribution in [-0.2, 0) is 4.74 Å². The van der Waals surface area contributed by atoms with E-state index >= 15 is 0 Å². The van der Waals surface area contributed by atoms with Crippen LogP contribution in [0.1, 0.15) is 131 Å². The van der Waals surface area contributed by atoms with Gasteiger partial charge in [0.1, 0.15) is 0 Å². The van der Waals surface area contributed by atoms with E-state index < -0.39 is 0 Å². The topological polar surface area (TPSA) is 26.3 Å². The van der Waals surface area contributed by atoms with Gasteiger partial charge in [0, 0.05) is 5.92 Å². The van der Waals surface area contributed by atoms with Crippen LogP contribution in [0.15, 0.2) is 54.6 Å². The molecule has 0 fully saturated rings. The first-order valence-electron chi connectivity index (χ1n) is 13.6. The number of benzene rings is 2. The average Bonchev–Trinajstić information content (AvgIpc) is 2.85. The van der Waals surface area contributed by atoms with Crippen molar-refractivity contribution in [3.8, 4) is 0 Å². The largest absolute Gasteiger partial charge is 0.462 e. The Kier molecular flexibility index (Phi) is 14.3. The quantitative estimate of drug-likeness (QED) is 0.167. The number of hydrogen-bond acceptors (Lipinski definition) is 2. The van der Waals surface area contributed by atoms with E-state index in [0.717, 1.165) is 12.0 Å². The van der Waals surface area contributed by atoms with Crippen molar-refractivity contribution in [2.45, 2.75) is 110 Å². The monoisotopic (exact) mass is 450 g/mol. The Labute approximate surface area is 203 Å². The minimum absolute atomic E-state index is 0.209. The highest BCUT2D eigenvalue weighted by Gasteiger charge is 2.21. The van der Waals surface area contributed by atoms with Gasteiger partial charge in [0.25, 0.3) is 0 Å². The summed E-state index contributed by atoms with van der Waals surface area (Å²) in [6, 6.07) is 18.6. The Balaban J connectivity index is 1.77. The van der Waals surface area contributed by atoms with E-state index in [4.69, 9.17) is 4.74 Å². The van der Waals surface area contributed by atoms with Crippen molar-refractivity contribution in [3.63, 3.8) is 0 Å². The van der Waals surface area contributed by atoms with Crippen LogP contribution >= 0.6 is 0 Å². The van der Waals surface area contributed by atoms with Gasteiger partial charge in [-0.15, -0.1) is 0 Å². The molecule has 2 rings (SSSR count). The molecule has 2 nitrogen and oxygen atoms in total. The number of hydrogen-bond donors (Lipinski definition) is 0. The van der Waals surface area contributed by atoms with E-state index in [0.29, 0.717) is 12.2 Å². The summed E-state index contributed by atoms with van der Waals surface area (Å²) in [7, 11) is 0. The number of carbonyl (C=O) groups excluding carboxylic acids is 1. The second-order valence-electron chi connectivity index (χ2n) is 9.30. The molecule has 0 aliphatic heterocycles. The fourth-order valence-electron chi connectivity index (χ4n) is 4.75. The van der Waals surface area contributed by atoms with Crippen molar-refractivity contribution in [2.75, 3.05) is 6.61 Å². The summed E-state index contributed by atoms with van der Waals surface area (Å²) in [5, 5.41) is 0. The molecule has 0 heterocycles. The van der Waals surface area contributed by atoms with Crippen LogP contribution in [-0.4, -0.2) is 12.6 Å². The SMILES string of the molecule is CCCCCCCCCCCCCCCC(c1ccccc1)c1ccccc1C(=O)OCC. The zero-order valence-corrected chi connectivity index (χ0v) is 21.2. The van der Waals surface area contributed by atoms with Gasteiger partial charge in [-0.2, -0.15) is 0 Å². The average molecular weight is 451 g/mol. The van der Waals surface area contributed by atoms with Crippen molar-refractivity contribution in [1.29, 1.82) is 0 Å². The van der Waals surface area contributed by atoms with Crippen LogP contribution < -0.4 is 0 Å². The first kappa shape index (κ1) is 27.2. The molecular weight excluding hydrogens is 404 g/mol. The molecule has 0 aliphatic rings. The third-order valence-electron chi connectivity index (χ3n) is 6.63. The van der Waals surface area contributed by atoms with Gasteiger partial charge in [-0.3, -0.25) is 0 Å². The molecule has 2 heteroatoms. The van der Waals surface area contributed by atoms with Gasteiger partial charge >= 0.3 is 5.97 Å². The summed E-state index contributed by atoms with van der Waals surface area (Å²) in [6.45, 7) is 4.55. The number of carbonyl (C=O) groups is 1. The molecule has 0 aliphatic carbocycles. The molecule has 0 N–H and O–H groups in total. The predicted molar refractivity (Wildman–Crippen MR) is 141 cm³/mol. The molecule has 182 valence electrons. The van der Waals surface area contributed by atoms with Gasteiger partial charge in [-0.1, -0.05) is 139 Å². The van der Waals surface area contributed by atoms with Crippen LogP contribution in [0.4, 0.5) is 0 Å². The summed E-state index contributed by atoms with van der Waals surface area (Å²) in [4.78, 5) is 12.6. The summed E-state index contributed by atoms with van der Waals surface area (Å²) in [5.74, 6) is 0.0268. The molecule has 0 radical (unpaired) electrons. The first-order valence-corrected chi connectivity index (χ1v) is 13.6. The summed E-state index contributed by atoms with van der Waals surface area (Å²) in [5.41, 5.74) is 3.09. The van der Waals surface area contributed by atoms with Gasteiger partial charge < -0.3 is 4.74 Å². The molecule has 2 aromatic rings. The normalized spacial score (nSPS) is 11.9. The molecule has 0 spiro atoms. The maximum atomic E-state index is 12.6. The molecule has 0 aromatic heterocycles. The van der Waals surface area contributed by atoms with E-state index in [1.54, 1.807) is 0 Å². The number of rotatable bonds is 18. The first-order chi connectivity index (χ1) is 16.3. The predicted octanol–water partition coefficient (Wildman–Crippen LogP) is 9.48. The second kappa shape index (κ2) is 17.4. The highest BCUT2D eigenvalue weighted by Crippen LogP contribution is 2.32. The van der Waals surface area contributed by atoms with Gasteiger partial charge in [0.2, 0.25) is 0 Å². The van der Waals surface area contributed by atoms with E-state index in [-0.39, 0.29) is 11.9 Å². The summed E-state index contributed by atoms with van der Waals surface area (Å²) in [6.07, 6.45) is 18.8. The number of unbranched alkanes of at least 4 members (excludes halogenated alkanes) is 12. The Hall–Kier alpha value is -2.09. The Morgan fingerprint density at radius 3 is 1.76 bits per heavy atom. The number of ether oxygens (including phenoxy) is 1. The Morgan fingerprint density at radius 1 is 0.667 bits per heavy atom. The summed E-state index contributed by atoms with van der Waals surface area (Å²) < 4.78 is 5.34. The second-order valence-corrected chi connectivity index (χ2v) is 9.30. The third kappa shape index (κ3) is 10.6. The van der Waals surface area contributed by atoms with Crippen LogP contribution in [0.25, 0.3) is 0 Å². The molecule has 0 bridgehead atoms. The highest BCUT2D eigenvalue weighted by molar-refractivity contribution is 5.91. The maximum absolute atomic E-state index is 12.6. The van der Waals surface area contributed by atoms with E-state index in [1.165, 1.54) is 89.0 Å². The fourth-order valence-corrected chi connectivity index (χ4v) is 4.75. The van der Waals surface area contributed by atoms with Crippen LogP contribution in [0, 0.1) is 0 Å². The molecule has 0 saturated carbocycles. The zero-order valence-electron chi connectivity index (χ0n) is 21.2. The van der Waals surface area contributed by atoms with Gasteiger partial charge in [-0.25, -0.2) is 4.79 Å². The lowest BCUT2D eigenvalue weighted by Crippen LogP contribution is -2.12. The highest BCUT2D eigenvalue weighted by atomic mass is 16.5. The summed E-state index contributed by atoms with van der Waals surface area (Å²) >= 11 is 0. The third-order valence-corrected chi connectivity index (χ3v) is 6.63. The standard InChI is InChI=1S/C31H46O2/c1-3-5-6-7-8-9-10-11-12-13-14-15-19-24-28(27-22-17-16-18-23-27)29-25-20-21-26-30(29)31(32)33-4-2/h16-18,20-23,25-26,28H,3-15,19,24H2,1-2H3. The lowest BCUT2D eigenvalue weighted by Gasteiger charge is -2.21. The van der Waals surface area contributed by atoms with Gasteiger partial charge in [0.15, 0.2) is 0 Å². The molecule has 33 heavy (non-hydrogen) atoms. The van der Waals surface area contributed by atoms with E-state index in [9.17, 15) is 4.79 Å². The van der Waals surface area contributed by atoms with Gasteiger partial charge in [-0.05, 0) is 30.5 Å². The molecule has 0 amide bonds. The van der Waals surface area contributed by atoms with Crippen molar-refractivity contribution in [3.05, 3.63) is 71.3 Å². The van der Waals surface area contributed by atoms with Crippen molar-refractivity contribution in [2.24, 2.45) is 0 Å². The molecule has 1 atom stereocenters. The van der Waals surface area contributed by atoms with Gasteiger partial charge in [0.05, 0.1) is 12.2 Å². The minimum Gasteiger partial charge on any atom is -0.462 e.